The van der Waals surface area contributed by atoms with Crippen LogP contribution in [0.5, 0.6) is 5.75 Å². The van der Waals surface area contributed by atoms with Gasteiger partial charge in [-0.3, -0.25) is 9.59 Å². The highest BCUT2D eigenvalue weighted by molar-refractivity contribution is 7.89. The molecule has 9 nitrogen and oxygen atoms in total. The standard InChI is InChI=1S/C35H36FN3O6S/c36-30-13-11-29(12-14-30)25-39(33(23-27-7-3-1-4-8-27)35(41)37-24-28-9-5-2-6-10-28)34(40)26-45-31-15-17-32(18-16-31)46(42,43)38-19-21-44-22-20-38/h1-18,33H,19-26H2,(H,37,41). The van der Waals surface area contributed by atoms with E-state index in [9.17, 15) is 22.4 Å². The summed E-state index contributed by atoms with van der Waals surface area (Å²) in [7, 11) is -3.69. The Morgan fingerprint density at radius 2 is 1.43 bits per heavy atom. The molecular formula is C35H36FN3O6S. The zero-order chi connectivity index (χ0) is 32.4. The Kier molecular flexibility index (Phi) is 11.1. The molecule has 0 aromatic heterocycles. The van der Waals surface area contributed by atoms with Crippen LogP contribution in [0.3, 0.4) is 0 Å². The van der Waals surface area contributed by atoms with E-state index in [-0.39, 0.29) is 43.4 Å². The summed E-state index contributed by atoms with van der Waals surface area (Å²) in [6.45, 7) is 1.15. The lowest BCUT2D eigenvalue weighted by Crippen LogP contribution is -2.51. The minimum atomic E-state index is -3.69. The lowest BCUT2D eigenvalue weighted by atomic mass is 10.0. The minimum absolute atomic E-state index is 0.0372. The van der Waals surface area contributed by atoms with Gasteiger partial charge >= 0.3 is 0 Å². The van der Waals surface area contributed by atoms with Crippen molar-refractivity contribution in [2.45, 2.75) is 30.4 Å². The Morgan fingerprint density at radius 1 is 0.826 bits per heavy atom. The van der Waals surface area contributed by atoms with E-state index in [0.29, 0.717) is 24.5 Å². The van der Waals surface area contributed by atoms with Crippen LogP contribution in [0.15, 0.2) is 114 Å². The predicted molar refractivity (Wildman–Crippen MR) is 171 cm³/mol. The van der Waals surface area contributed by atoms with Gasteiger partial charge in [0.15, 0.2) is 6.61 Å². The number of ether oxygens (including phenoxy) is 2. The molecule has 1 atom stereocenters. The van der Waals surface area contributed by atoms with Crippen LogP contribution in [-0.4, -0.2) is 68.4 Å². The van der Waals surface area contributed by atoms with Crippen LogP contribution in [0.1, 0.15) is 16.7 Å². The SMILES string of the molecule is O=C(NCc1ccccc1)C(Cc1ccccc1)N(Cc1ccc(F)cc1)C(=O)COc1ccc(S(=O)(=O)N2CCOCC2)cc1. The third-order valence-electron chi connectivity index (χ3n) is 7.64. The first kappa shape index (κ1) is 32.8. The number of sulfonamides is 1. The van der Waals surface area contributed by atoms with E-state index in [1.54, 1.807) is 12.1 Å². The van der Waals surface area contributed by atoms with Gasteiger partial charge in [-0.1, -0.05) is 72.8 Å². The summed E-state index contributed by atoms with van der Waals surface area (Å²) in [5.74, 6) is -0.930. The Morgan fingerprint density at radius 3 is 2.07 bits per heavy atom. The number of halogens is 1. The first-order chi connectivity index (χ1) is 22.3. The third-order valence-corrected chi connectivity index (χ3v) is 9.55. The van der Waals surface area contributed by atoms with Crippen molar-refractivity contribution in [2.24, 2.45) is 0 Å². The minimum Gasteiger partial charge on any atom is -0.484 e. The van der Waals surface area contributed by atoms with E-state index in [1.165, 1.54) is 45.6 Å². The maximum Gasteiger partial charge on any atom is 0.261 e. The fourth-order valence-corrected chi connectivity index (χ4v) is 6.52. The molecule has 4 aromatic rings. The number of amides is 2. The maximum absolute atomic E-state index is 13.9. The van der Waals surface area contributed by atoms with Gasteiger partial charge in [0.05, 0.1) is 18.1 Å². The number of carbonyl (C=O) groups is 2. The lowest BCUT2D eigenvalue weighted by Gasteiger charge is -2.31. The van der Waals surface area contributed by atoms with Gasteiger partial charge in [-0.05, 0) is 53.1 Å². The quantitative estimate of drug-likeness (QED) is 0.234. The number of nitrogens with zero attached hydrogens (tertiary/aromatic N) is 2. The van der Waals surface area contributed by atoms with Gasteiger partial charge in [0.25, 0.3) is 5.91 Å². The Balaban J connectivity index is 1.35. The number of hydrogen-bond donors (Lipinski definition) is 1. The van der Waals surface area contributed by atoms with Gasteiger partial charge < -0.3 is 19.7 Å². The van der Waals surface area contributed by atoms with Gasteiger partial charge in [-0.2, -0.15) is 4.31 Å². The van der Waals surface area contributed by atoms with Gasteiger partial charge in [-0.15, -0.1) is 0 Å². The average molecular weight is 646 g/mol. The molecule has 2 amide bonds. The van der Waals surface area contributed by atoms with Crippen LogP contribution in [0.2, 0.25) is 0 Å². The summed E-state index contributed by atoms with van der Waals surface area (Å²) in [5.41, 5.74) is 2.41. The molecule has 0 radical (unpaired) electrons. The van der Waals surface area contributed by atoms with E-state index in [1.807, 2.05) is 60.7 Å². The molecule has 1 aliphatic rings. The van der Waals surface area contributed by atoms with E-state index < -0.39 is 34.4 Å². The molecule has 0 aliphatic carbocycles. The van der Waals surface area contributed by atoms with Crippen LogP contribution in [-0.2, 0) is 43.9 Å². The molecule has 5 rings (SSSR count). The number of rotatable bonds is 13. The van der Waals surface area contributed by atoms with Crippen molar-refractivity contribution < 1.29 is 31.9 Å². The molecule has 240 valence electrons. The monoisotopic (exact) mass is 645 g/mol. The van der Waals surface area contributed by atoms with Crippen molar-refractivity contribution in [1.29, 1.82) is 0 Å². The van der Waals surface area contributed by atoms with E-state index in [2.05, 4.69) is 5.32 Å². The molecule has 11 heteroatoms. The highest BCUT2D eigenvalue weighted by Gasteiger charge is 2.31. The van der Waals surface area contributed by atoms with Gasteiger partial charge in [0.2, 0.25) is 15.9 Å². The summed E-state index contributed by atoms with van der Waals surface area (Å²) >= 11 is 0. The second-order valence-electron chi connectivity index (χ2n) is 10.8. The van der Waals surface area contributed by atoms with Crippen molar-refractivity contribution in [3.8, 4) is 5.75 Å². The topological polar surface area (TPSA) is 105 Å². The number of benzene rings is 4. The zero-order valence-electron chi connectivity index (χ0n) is 25.3. The first-order valence-electron chi connectivity index (χ1n) is 15.0. The van der Waals surface area contributed by atoms with Gasteiger partial charge in [0.1, 0.15) is 17.6 Å². The summed E-state index contributed by atoms with van der Waals surface area (Å²) in [5, 5.41) is 2.97. The fourth-order valence-electron chi connectivity index (χ4n) is 5.12. The lowest BCUT2D eigenvalue weighted by molar-refractivity contribution is -0.142. The van der Waals surface area contributed by atoms with Crippen molar-refractivity contribution in [3.63, 3.8) is 0 Å². The molecular weight excluding hydrogens is 609 g/mol. The van der Waals surface area contributed by atoms with Crippen LogP contribution in [0, 0.1) is 5.82 Å². The summed E-state index contributed by atoms with van der Waals surface area (Å²) in [6, 6.07) is 29.6. The molecule has 0 bridgehead atoms. The number of nitrogens with one attached hydrogen (secondary N) is 1. The fraction of sp³-hybridized carbons (Fsp3) is 0.257. The van der Waals surface area contributed by atoms with E-state index in [4.69, 9.17) is 9.47 Å². The molecule has 1 saturated heterocycles. The van der Waals surface area contributed by atoms with E-state index in [0.717, 1.165) is 11.1 Å². The number of carbonyl (C=O) groups excluding carboxylic acids is 2. The molecule has 0 spiro atoms. The number of morpholine rings is 1. The van der Waals surface area contributed by atoms with Crippen molar-refractivity contribution in [1.82, 2.24) is 14.5 Å². The molecule has 0 saturated carbocycles. The van der Waals surface area contributed by atoms with Gasteiger partial charge in [-0.25, -0.2) is 12.8 Å². The first-order valence-corrected chi connectivity index (χ1v) is 16.4. The van der Waals surface area contributed by atoms with Crippen molar-refractivity contribution >= 4 is 21.8 Å². The Bertz CT molecular complexity index is 1680. The van der Waals surface area contributed by atoms with Crippen molar-refractivity contribution in [2.75, 3.05) is 32.9 Å². The molecule has 1 heterocycles. The average Bonchev–Trinajstić information content (AvgIpc) is 3.10. The smallest absolute Gasteiger partial charge is 0.261 e. The molecule has 46 heavy (non-hydrogen) atoms. The molecule has 1 fully saturated rings. The second-order valence-corrected chi connectivity index (χ2v) is 12.8. The predicted octanol–water partition coefficient (Wildman–Crippen LogP) is 4.18. The second kappa shape index (κ2) is 15.6. The zero-order valence-corrected chi connectivity index (χ0v) is 26.1. The molecule has 1 N–H and O–H groups in total. The van der Waals surface area contributed by atoms with Crippen molar-refractivity contribution in [3.05, 3.63) is 132 Å². The number of hydrogen-bond acceptors (Lipinski definition) is 6. The maximum atomic E-state index is 13.9. The molecule has 4 aromatic carbocycles. The Hall–Kier alpha value is -4.58. The van der Waals surface area contributed by atoms with Crippen LogP contribution in [0.4, 0.5) is 4.39 Å². The Labute approximate surface area is 268 Å². The largest absolute Gasteiger partial charge is 0.484 e. The highest BCUT2D eigenvalue weighted by Crippen LogP contribution is 2.21. The summed E-state index contributed by atoms with van der Waals surface area (Å²) in [4.78, 5) is 29.2. The van der Waals surface area contributed by atoms with Crippen LogP contribution in [0.25, 0.3) is 0 Å². The van der Waals surface area contributed by atoms with Gasteiger partial charge in [0, 0.05) is 32.6 Å². The summed E-state index contributed by atoms with van der Waals surface area (Å²) < 4.78 is 52.2. The van der Waals surface area contributed by atoms with Crippen LogP contribution < -0.4 is 10.1 Å². The summed E-state index contributed by atoms with van der Waals surface area (Å²) in [6.07, 6.45) is 0.239. The normalized spacial score (nSPS) is 14.3. The third kappa shape index (κ3) is 8.78. The molecule has 1 unspecified atom stereocenters. The van der Waals surface area contributed by atoms with Crippen LogP contribution >= 0.6 is 0 Å². The van der Waals surface area contributed by atoms with E-state index >= 15 is 0 Å². The molecule has 1 aliphatic heterocycles. The highest BCUT2D eigenvalue weighted by atomic mass is 32.2.